The maximum Gasteiger partial charge on any atom is 0.127 e. The predicted octanol–water partition coefficient (Wildman–Crippen LogP) is 4.33. The normalized spacial score (nSPS) is 13.9. The van der Waals surface area contributed by atoms with Crippen LogP contribution < -0.4 is 5.32 Å². The van der Waals surface area contributed by atoms with E-state index >= 15 is 0 Å². The summed E-state index contributed by atoms with van der Waals surface area (Å²) >= 11 is 0. The molecular formula is C17H20FNO. The number of halogens is 1. The highest BCUT2D eigenvalue weighted by Crippen LogP contribution is 2.24. The van der Waals surface area contributed by atoms with Crippen LogP contribution in [0.25, 0.3) is 0 Å². The van der Waals surface area contributed by atoms with Crippen molar-refractivity contribution in [3.8, 4) is 5.75 Å². The van der Waals surface area contributed by atoms with Gasteiger partial charge in [-0.3, -0.25) is 0 Å². The zero-order chi connectivity index (χ0) is 14.5. The van der Waals surface area contributed by atoms with E-state index in [0.29, 0.717) is 5.56 Å². The standard InChI is InChI=1S/C17H20FNO/c1-3-17(13-8-10-14(20)11-9-13)19-12(2)15-6-4-5-7-16(15)18/h4-12,17,19-20H,3H2,1-2H3. The molecule has 0 aromatic heterocycles. The van der Waals surface area contributed by atoms with Crippen molar-refractivity contribution in [1.29, 1.82) is 0 Å². The Hall–Kier alpha value is -1.87. The van der Waals surface area contributed by atoms with Gasteiger partial charge in [0, 0.05) is 17.6 Å². The fourth-order valence-corrected chi connectivity index (χ4v) is 2.37. The van der Waals surface area contributed by atoms with Crippen molar-refractivity contribution in [3.05, 3.63) is 65.5 Å². The van der Waals surface area contributed by atoms with Gasteiger partial charge in [-0.05, 0) is 37.1 Å². The van der Waals surface area contributed by atoms with E-state index in [-0.39, 0.29) is 23.7 Å². The van der Waals surface area contributed by atoms with E-state index in [0.717, 1.165) is 12.0 Å². The highest BCUT2D eigenvalue weighted by molar-refractivity contribution is 5.28. The van der Waals surface area contributed by atoms with Gasteiger partial charge < -0.3 is 10.4 Å². The Labute approximate surface area is 119 Å². The molecule has 0 aliphatic rings. The topological polar surface area (TPSA) is 32.3 Å². The van der Waals surface area contributed by atoms with E-state index in [4.69, 9.17) is 0 Å². The minimum Gasteiger partial charge on any atom is -0.508 e. The van der Waals surface area contributed by atoms with Crippen LogP contribution >= 0.6 is 0 Å². The molecule has 0 saturated carbocycles. The molecule has 106 valence electrons. The number of benzene rings is 2. The lowest BCUT2D eigenvalue weighted by Crippen LogP contribution is -2.24. The molecule has 2 unspecified atom stereocenters. The van der Waals surface area contributed by atoms with Gasteiger partial charge in [0.25, 0.3) is 0 Å². The van der Waals surface area contributed by atoms with Crippen LogP contribution in [0, 0.1) is 5.82 Å². The van der Waals surface area contributed by atoms with Crippen molar-refractivity contribution in [2.45, 2.75) is 32.4 Å². The van der Waals surface area contributed by atoms with E-state index < -0.39 is 0 Å². The average Bonchev–Trinajstić information content (AvgIpc) is 2.46. The van der Waals surface area contributed by atoms with Gasteiger partial charge in [0.05, 0.1) is 0 Å². The molecule has 2 aromatic rings. The Balaban J connectivity index is 2.14. The Morgan fingerprint density at radius 1 is 1.10 bits per heavy atom. The minimum absolute atomic E-state index is 0.0741. The van der Waals surface area contributed by atoms with Crippen LogP contribution in [0.1, 0.15) is 43.5 Å². The molecule has 0 aliphatic heterocycles. The fourth-order valence-electron chi connectivity index (χ4n) is 2.37. The summed E-state index contributed by atoms with van der Waals surface area (Å²) in [6.07, 6.45) is 0.892. The maximum absolute atomic E-state index is 13.8. The fraction of sp³-hybridized carbons (Fsp3) is 0.294. The van der Waals surface area contributed by atoms with E-state index in [2.05, 4.69) is 12.2 Å². The largest absolute Gasteiger partial charge is 0.508 e. The summed E-state index contributed by atoms with van der Waals surface area (Å²) in [5.41, 5.74) is 1.76. The first-order chi connectivity index (χ1) is 9.61. The van der Waals surface area contributed by atoms with E-state index in [9.17, 15) is 9.50 Å². The summed E-state index contributed by atoms with van der Waals surface area (Å²) in [4.78, 5) is 0. The molecule has 0 bridgehead atoms. The molecular weight excluding hydrogens is 253 g/mol. The summed E-state index contributed by atoms with van der Waals surface area (Å²) in [6, 6.07) is 14.0. The lowest BCUT2D eigenvalue weighted by atomic mass is 10.0. The van der Waals surface area contributed by atoms with Gasteiger partial charge in [-0.15, -0.1) is 0 Å². The zero-order valence-corrected chi connectivity index (χ0v) is 11.8. The summed E-state index contributed by atoms with van der Waals surface area (Å²) in [5.74, 6) is 0.0683. The minimum atomic E-state index is -0.187. The predicted molar refractivity (Wildman–Crippen MR) is 79.1 cm³/mol. The lowest BCUT2D eigenvalue weighted by Gasteiger charge is -2.23. The van der Waals surface area contributed by atoms with Gasteiger partial charge in [-0.2, -0.15) is 0 Å². The van der Waals surface area contributed by atoms with Gasteiger partial charge in [-0.1, -0.05) is 37.3 Å². The number of aromatic hydroxyl groups is 1. The van der Waals surface area contributed by atoms with Crippen LogP contribution in [-0.4, -0.2) is 5.11 Å². The average molecular weight is 273 g/mol. The molecule has 2 N–H and O–H groups in total. The van der Waals surface area contributed by atoms with Crippen LogP contribution in [0.4, 0.5) is 4.39 Å². The van der Waals surface area contributed by atoms with Crippen molar-refractivity contribution < 1.29 is 9.50 Å². The van der Waals surface area contributed by atoms with Gasteiger partial charge >= 0.3 is 0 Å². The van der Waals surface area contributed by atoms with Gasteiger partial charge in [0.1, 0.15) is 11.6 Å². The molecule has 0 radical (unpaired) electrons. The molecule has 3 heteroatoms. The molecule has 2 aromatic carbocycles. The summed E-state index contributed by atoms with van der Waals surface area (Å²) in [5, 5.41) is 12.8. The maximum atomic E-state index is 13.8. The van der Waals surface area contributed by atoms with Crippen molar-refractivity contribution in [2.24, 2.45) is 0 Å². The highest BCUT2D eigenvalue weighted by atomic mass is 19.1. The molecule has 2 atom stereocenters. The first-order valence-corrected chi connectivity index (χ1v) is 6.91. The number of hydrogen-bond acceptors (Lipinski definition) is 2. The van der Waals surface area contributed by atoms with Gasteiger partial charge in [0.2, 0.25) is 0 Å². The molecule has 0 spiro atoms. The quantitative estimate of drug-likeness (QED) is 0.849. The molecule has 0 fully saturated rings. The first-order valence-electron chi connectivity index (χ1n) is 6.91. The third-order valence-electron chi connectivity index (χ3n) is 3.53. The van der Waals surface area contributed by atoms with Crippen LogP contribution in [0.2, 0.25) is 0 Å². The number of phenols is 1. The van der Waals surface area contributed by atoms with Crippen molar-refractivity contribution >= 4 is 0 Å². The van der Waals surface area contributed by atoms with Gasteiger partial charge in [0.15, 0.2) is 0 Å². The van der Waals surface area contributed by atoms with Crippen LogP contribution in [0.15, 0.2) is 48.5 Å². The second-order valence-electron chi connectivity index (χ2n) is 4.96. The monoisotopic (exact) mass is 273 g/mol. The number of hydrogen-bond donors (Lipinski definition) is 2. The second kappa shape index (κ2) is 6.53. The van der Waals surface area contributed by atoms with Crippen molar-refractivity contribution in [2.75, 3.05) is 0 Å². The van der Waals surface area contributed by atoms with Crippen molar-refractivity contribution in [3.63, 3.8) is 0 Å². The van der Waals surface area contributed by atoms with Crippen LogP contribution in [0.5, 0.6) is 5.75 Å². The Bertz CT molecular complexity index is 553. The van der Waals surface area contributed by atoms with E-state index in [1.807, 2.05) is 25.1 Å². The molecule has 0 saturated heterocycles. The number of rotatable bonds is 5. The SMILES string of the molecule is CCC(NC(C)c1ccccc1F)c1ccc(O)cc1. The third kappa shape index (κ3) is 3.36. The zero-order valence-electron chi connectivity index (χ0n) is 11.8. The highest BCUT2D eigenvalue weighted by Gasteiger charge is 2.16. The number of phenolic OH excluding ortho intramolecular Hbond substituents is 1. The molecule has 2 nitrogen and oxygen atoms in total. The van der Waals surface area contributed by atoms with E-state index in [1.54, 1.807) is 24.3 Å². The Kier molecular flexibility index (Phi) is 4.74. The molecule has 20 heavy (non-hydrogen) atoms. The first kappa shape index (κ1) is 14.5. The van der Waals surface area contributed by atoms with Crippen LogP contribution in [-0.2, 0) is 0 Å². The summed E-state index contributed by atoms with van der Waals surface area (Å²) in [7, 11) is 0. The lowest BCUT2D eigenvalue weighted by molar-refractivity contribution is 0.441. The molecule has 0 amide bonds. The van der Waals surface area contributed by atoms with Crippen molar-refractivity contribution in [1.82, 2.24) is 5.32 Å². The molecule has 0 heterocycles. The molecule has 0 aliphatic carbocycles. The molecule has 2 rings (SSSR count). The Morgan fingerprint density at radius 2 is 1.75 bits per heavy atom. The third-order valence-corrected chi connectivity index (χ3v) is 3.53. The Morgan fingerprint density at radius 3 is 2.35 bits per heavy atom. The van der Waals surface area contributed by atoms with Gasteiger partial charge in [-0.25, -0.2) is 4.39 Å². The summed E-state index contributed by atoms with van der Waals surface area (Å²) in [6.45, 7) is 4.04. The van der Waals surface area contributed by atoms with E-state index in [1.165, 1.54) is 6.07 Å². The van der Waals surface area contributed by atoms with Crippen LogP contribution in [0.3, 0.4) is 0 Å². The smallest absolute Gasteiger partial charge is 0.127 e. The number of nitrogens with one attached hydrogen (secondary N) is 1. The second-order valence-corrected chi connectivity index (χ2v) is 4.96. The summed E-state index contributed by atoms with van der Waals surface area (Å²) < 4.78 is 13.8.